The summed E-state index contributed by atoms with van der Waals surface area (Å²) in [5, 5.41) is 5.97. The minimum absolute atomic E-state index is 0.0494. The monoisotopic (exact) mass is 302 g/mol. The van der Waals surface area contributed by atoms with Gasteiger partial charge >= 0.3 is 0 Å². The fraction of sp³-hybridized carbons (Fsp3) is 0.375. The van der Waals surface area contributed by atoms with E-state index in [1.54, 1.807) is 30.1 Å². The number of fused-ring (bicyclic) bond motifs is 1. The van der Waals surface area contributed by atoms with Crippen LogP contribution in [0.5, 0.6) is 0 Å². The number of piperazine rings is 1. The highest BCUT2D eigenvalue weighted by molar-refractivity contribution is 7.17. The molecule has 1 N–H and O–H groups in total. The fourth-order valence-corrected chi connectivity index (χ4v) is 3.44. The molecule has 0 saturated carbocycles. The summed E-state index contributed by atoms with van der Waals surface area (Å²) >= 11 is 1.67. The normalized spacial score (nSPS) is 26.2. The Morgan fingerprint density at radius 2 is 2.10 bits per heavy atom. The average Bonchev–Trinajstić information content (AvgIpc) is 2.93. The van der Waals surface area contributed by atoms with Gasteiger partial charge in [0.15, 0.2) is 0 Å². The Kier molecular flexibility index (Phi) is 3.24. The van der Waals surface area contributed by atoms with Crippen LogP contribution in [-0.2, 0) is 9.59 Å². The highest BCUT2D eigenvalue weighted by Gasteiger charge is 2.45. The predicted molar refractivity (Wildman–Crippen MR) is 85.6 cm³/mol. The number of hydrogen-bond donors (Lipinski definition) is 1. The molecule has 3 rings (SSSR count). The van der Waals surface area contributed by atoms with E-state index in [4.69, 9.17) is 0 Å². The maximum absolute atomic E-state index is 12.8. The number of amides is 2. The van der Waals surface area contributed by atoms with Crippen molar-refractivity contribution in [2.75, 3.05) is 4.90 Å². The highest BCUT2D eigenvalue weighted by Crippen LogP contribution is 2.31. The van der Waals surface area contributed by atoms with Crippen molar-refractivity contribution in [2.45, 2.75) is 38.8 Å². The third-order valence-electron chi connectivity index (χ3n) is 4.28. The van der Waals surface area contributed by atoms with Crippen molar-refractivity contribution in [1.82, 2.24) is 5.32 Å². The number of anilines is 1. The Balaban J connectivity index is 2.08. The van der Waals surface area contributed by atoms with Gasteiger partial charge in [-0.1, -0.05) is 6.92 Å². The van der Waals surface area contributed by atoms with Crippen molar-refractivity contribution in [3.05, 3.63) is 29.6 Å². The molecule has 1 aromatic carbocycles. The van der Waals surface area contributed by atoms with E-state index in [0.717, 1.165) is 11.1 Å². The van der Waals surface area contributed by atoms with Crippen LogP contribution in [0.25, 0.3) is 10.1 Å². The van der Waals surface area contributed by atoms with Gasteiger partial charge in [-0.2, -0.15) is 0 Å². The van der Waals surface area contributed by atoms with E-state index >= 15 is 0 Å². The summed E-state index contributed by atoms with van der Waals surface area (Å²) in [6.45, 7) is 5.46. The first-order chi connectivity index (χ1) is 9.96. The zero-order valence-corrected chi connectivity index (χ0v) is 13.2. The van der Waals surface area contributed by atoms with E-state index in [0.29, 0.717) is 6.42 Å². The van der Waals surface area contributed by atoms with Crippen LogP contribution < -0.4 is 10.2 Å². The van der Waals surface area contributed by atoms with Gasteiger partial charge in [-0.25, -0.2) is 0 Å². The number of rotatable bonds is 2. The molecule has 2 atom stereocenters. The van der Waals surface area contributed by atoms with Gasteiger partial charge < -0.3 is 5.32 Å². The first-order valence-corrected chi connectivity index (χ1v) is 7.97. The van der Waals surface area contributed by atoms with Gasteiger partial charge in [-0.05, 0) is 55.3 Å². The van der Waals surface area contributed by atoms with Gasteiger partial charge in [0.05, 0.1) is 0 Å². The molecule has 2 amide bonds. The fourth-order valence-electron chi connectivity index (χ4n) is 2.67. The number of nitrogens with zero attached hydrogens (tertiary/aromatic N) is 1. The lowest BCUT2D eigenvalue weighted by Crippen LogP contribution is -2.68. The lowest BCUT2D eigenvalue weighted by molar-refractivity contribution is -0.137. The summed E-state index contributed by atoms with van der Waals surface area (Å²) in [5.74, 6) is -0.156. The van der Waals surface area contributed by atoms with Crippen molar-refractivity contribution in [3.8, 4) is 0 Å². The molecule has 0 bridgehead atoms. The SMILES string of the molecule is CCC1(C)NC(=O)C(C)N(c2ccc3sccc3c2)C1=O. The molecule has 1 aliphatic heterocycles. The van der Waals surface area contributed by atoms with Gasteiger partial charge in [0, 0.05) is 10.4 Å². The Morgan fingerprint density at radius 3 is 2.81 bits per heavy atom. The summed E-state index contributed by atoms with van der Waals surface area (Å²) in [4.78, 5) is 26.7. The molecule has 21 heavy (non-hydrogen) atoms. The van der Waals surface area contributed by atoms with Crippen molar-refractivity contribution < 1.29 is 9.59 Å². The number of carbonyl (C=O) groups excluding carboxylic acids is 2. The molecule has 1 saturated heterocycles. The maximum atomic E-state index is 12.8. The largest absolute Gasteiger partial charge is 0.340 e. The van der Waals surface area contributed by atoms with Crippen LogP contribution in [0.15, 0.2) is 29.6 Å². The molecule has 110 valence electrons. The molecule has 5 heteroatoms. The number of thiophene rings is 1. The number of carbonyl (C=O) groups is 2. The average molecular weight is 302 g/mol. The van der Waals surface area contributed by atoms with Crippen molar-refractivity contribution in [1.29, 1.82) is 0 Å². The zero-order valence-electron chi connectivity index (χ0n) is 12.3. The smallest absolute Gasteiger partial charge is 0.253 e. The zero-order chi connectivity index (χ0) is 15.2. The van der Waals surface area contributed by atoms with Crippen LogP contribution in [0.4, 0.5) is 5.69 Å². The quantitative estimate of drug-likeness (QED) is 0.927. The van der Waals surface area contributed by atoms with Gasteiger partial charge in [0.2, 0.25) is 5.91 Å². The molecule has 2 heterocycles. The molecule has 1 aliphatic rings. The third-order valence-corrected chi connectivity index (χ3v) is 5.18. The molecular weight excluding hydrogens is 284 g/mol. The Labute approximate surface area is 127 Å². The van der Waals surface area contributed by atoms with Gasteiger partial charge in [0.25, 0.3) is 5.91 Å². The van der Waals surface area contributed by atoms with E-state index in [2.05, 4.69) is 5.32 Å². The second kappa shape index (κ2) is 4.84. The Hall–Kier alpha value is -1.88. The first-order valence-electron chi connectivity index (χ1n) is 7.09. The van der Waals surface area contributed by atoms with Crippen molar-refractivity contribution in [2.24, 2.45) is 0 Å². The van der Waals surface area contributed by atoms with Crippen LogP contribution in [0.3, 0.4) is 0 Å². The second-order valence-electron chi connectivity index (χ2n) is 5.67. The number of benzene rings is 1. The summed E-state index contributed by atoms with van der Waals surface area (Å²) < 4.78 is 1.18. The topological polar surface area (TPSA) is 49.4 Å². The van der Waals surface area contributed by atoms with E-state index < -0.39 is 11.6 Å². The second-order valence-corrected chi connectivity index (χ2v) is 6.62. The number of hydrogen-bond acceptors (Lipinski definition) is 3. The Bertz CT molecular complexity index is 724. The van der Waals surface area contributed by atoms with Gasteiger partial charge in [-0.15, -0.1) is 11.3 Å². The first kappa shape index (κ1) is 14.1. The minimum Gasteiger partial charge on any atom is -0.340 e. The third kappa shape index (κ3) is 2.12. The van der Waals surface area contributed by atoms with Crippen molar-refractivity contribution in [3.63, 3.8) is 0 Å². The van der Waals surface area contributed by atoms with Crippen LogP contribution >= 0.6 is 11.3 Å². The molecule has 0 aliphatic carbocycles. The molecule has 0 radical (unpaired) electrons. The van der Waals surface area contributed by atoms with Crippen LogP contribution in [0.2, 0.25) is 0 Å². The predicted octanol–water partition coefficient (Wildman–Crippen LogP) is 2.92. The summed E-state index contributed by atoms with van der Waals surface area (Å²) in [6.07, 6.45) is 0.571. The molecule has 2 unspecified atom stereocenters. The van der Waals surface area contributed by atoms with E-state index in [-0.39, 0.29) is 11.8 Å². The molecule has 2 aromatic rings. The van der Waals surface area contributed by atoms with E-state index in [9.17, 15) is 9.59 Å². The standard InChI is InChI=1S/C16H18N2O2S/c1-4-16(3)15(20)18(10(2)14(19)17-16)12-5-6-13-11(9-12)7-8-21-13/h5-10H,4H2,1-3H3,(H,17,19). The summed E-state index contributed by atoms with van der Waals surface area (Å²) in [6, 6.07) is 7.44. The minimum atomic E-state index is -0.826. The van der Waals surface area contributed by atoms with Crippen LogP contribution in [0.1, 0.15) is 27.2 Å². The molecule has 1 aromatic heterocycles. The van der Waals surface area contributed by atoms with E-state index in [1.807, 2.05) is 36.6 Å². The van der Waals surface area contributed by atoms with Gasteiger partial charge in [-0.3, -0.25) is 14.5 Å². The molecule has 4 nitrogen and oxygen atoms in total. The molecule has 0 spiro atoms. The molecule has 1 fully saturated rings. The highest BCUT2D eigenvalue weighted by atomic mass is 32.1. The number of nitrogens with one attached hydrogen (secondary N) is 1. The van der Waals surface area contributed by atoms with Gasteiger partial charge in [0.1, 0.15) is 11.6 Å². The van der Waals surface area contributed by atoms with Crippen LogP contribution in [0, 0.1) is 0 Å². The maximum Gasteiger partial charge on any atom is 0.253 e. The Morgan fingerprint density at radius 1 is 1.33 bits per heavy atom. The van der Waals surface area contributed by atoms with E-state index in [1.165, 1.54) is 4.70 Å². The summed E-state index contributed by atoms with van der Waals surface area (Å²) in [7, 11) is 0. The lowest BCUT2D eigenvalue weighted by atomic mass is 9.91. The van der Waals surface area contributed by atoms with Crippen LogP contribution in [-0.4, -0.2) is 23.4 Å². The summed E-state index contributed by atoms with van der Waals surface area (Å²) in [5.41, 5.74) is -0.0411. The molecular formula is C16H18N2O2S. The lowest BCUT2D eigenvalue weighted by Gasteiger charge is -2.43. The van der Waals surface area contributed by atoms with Crippen molar-refractivity contribution >= 4 is 38.9 Å².